The molecule has 0 aliphatic heterocycles. The zero-order chi connectivity index (χ0) is 47.5. The van der Waals surface area contributed by atoms with Crippen LogP contribution in [0.25, 0.3) is 94.0 Å². The van der Waals surface area contributed by atoms with E-state index in [1.165, 1.54) is 60.6 Å². The van der Waals surface area contributed by atoms with Crippen LogP contribution in [0.4, 0.5) is 0 Å². The first kappa shape index (κ1) is 47.4. The number of aromatic nitrogens is 3. The molecule has 0 aliphatic carbocycles. The van der Waals surface area contributed by atoms with Gasteiger partial charge in [-0.1, -0.05) is 159 Å². The Balaban J connectivity index is 0.000000296. The second-order valence-electron chi connectivity index (χ2n) is 20.9. The maximum atomic E-state index is 6.91. The molecule has 0 spiro atoms. The van der Waals surface area contributed by atoms with Gasteiger partial charge in [-0.3, -0.25) is 4.98 Å². The second-order valence-corrected chi connectivity index (χ2v) is 20.9. The summed E-state index contributed by atoms with van der Waals surface area (Å²) in [6.07, 6.45) is 1.87. The molecule has 3 aromatic heterocycles. The van der Waals surface area contributed by atoms with E-state index in [9.17, 15) is 0 Å². The Morgan fingerprint density at radius 1 is 0.551 bits per heavy atom. The standard InChI is InChI=1S/C49H43N2O.C15H16N.Ir/c1-29(2)39-25-34(31-14-9-8-10-15-31)26-40(30(3)4)46(39)51-44-23-22-35(49(5,6)7)27-43(44)50-48(51)38-19-13-18-37-42-24-33-21-20-32-16-11-12-17-36(32)41(33)28-45(42)52-47(37)38;1-15(2,3)13-9-10-16-14(11-13)12-7-5-4-6-8-12;/h8-18,20-30H,1-7H3;4-7,9-11H,1-3H3;/q2*-1;. The molecule has 0 saturated carbocycles. The van der Waals surface area contributed by atoms with Gasteiger partial charge in [0.05, 0.1) is 22.4 Å². The number of benzene rings is 8. The van der Waals surface area contributed by atoms with Crippen LogP contribution in [0.3, 0.4) is 0 Å². The van der Waals surface area contributed by atoms with Gasteiger partial charge in [-0.2, -0.15) is 0 Å². The molecule has 0 bridgehead atoms. The average Bonchev–Trinajstić information content (AvgIpc) is 3.91. The Bertz CT molecular complexity index is 3610. The van der Waals surface area contributed by atoms with Crippen molar-refractivity contribution in [3.05, 3.63) is 198 Å². The maximum absolute atomic E-state index is 6.91. The average molecular weight is 1080 g/mol. The number of furan rings is 1. The van der Waals surface area contributed by atoms with Gasteiger partial charge >= 0.3 is 0 Å². The van der Waals surface area contributed by atoms with Crippen molar-refractivity contribution in [1.82, 2.24) is 14.5 Å². The molecule has 11 rings (SSSR count). The van der Waals surface area contributed by atoms with Crippen LogP contribution in [0.2, 0.25) is 0 Å². The number of hydrogen-bond donors (Lipinski definition) is 0. The molecule has 1 radical (unpaired) electrons. The predicted molar refractivity (Wildman–Crippen MR) is 287 cm³/mol. The third-order valence-electron chi connectivity index (χ3n) is 13.4. The Labute approximate surface area is 420 Å². The van der Waals surface area contributed by atoms with Crippen molar-refractivity contribution in [2.24, 2.45) is 0 Å². The van der Waals surface area contributed by atoms with Crippen LogP contribution in [0.15, 0.2) is 168 Å². The van der Waals surface area contributed by atoms with E-state index in [1.807, 2.05) is 36.5 Å². The Morgan fingerprint density at radius 2 is 1.23 bits per heavy atom. The molecule has 0 unspecified atom stereocenters. The van der Waals surface area contributed by atoms with Crippen molar-refractivity contribution in [1.29, 1.82) is 0 Å². The molecule has 0 amide bonds. The summed E-state index contributed by atoms with van der Waals surface area (Å²) >= 11 is 0. The van der Waals surface area contributed by atoms with Crippen LogP contribution in [0, 0.1) is 12.1 Å². The number of hydrogen-bond acceptors (Lipinski definition) is 3. The number of nitrogens with zero attached hydrogens (tertiary/aromatic N) is 3. The van der Waals surface area contributed by atoms with Gasteiger partial charge in [0.15, 0.2) is 0 Å². The van der Waals surface area contributed by atoms with Gasteiger partial charge in [-0.05, 0) is 126 Å². The van der Waals surface area contributed by atoms with E-state index in [4.69, 9.17) is 9.40 Å². The van der Waals surface area contributed by atoms with E-state index < -0.39 is 0 Å². The van der Waals surface area contributed by atoms with Crippen LogP contribution >= 0.6 is 0 Å². The van der Waals surface area contributed by atoms with E-state index >= 15 is 0 Å². The minimum absolute atomic E-state index is 0. The van der Waals surface area contributed by atoms with E-state index in [-0.39, 0.29) is 42.8 Å². The topological polar surface area (TPSA) is 43.9 Å². The fourth-order valence-electron chi connectivity index (χ4n) is 9.56. The third-order valence-corrected chi connectivity index (χ3v) is 13.4. The smallest absolute Gasteiger partial charge is 0.121 e. The van der Waals surface area contributed by atoms with Gasteiger partial charge in [0.2, 0.25) is 0 Å². The molecular formula is C64H59IrN3O-2. The van der Waals surface area contributed by atoms with Crippen LogP contribution < -0.4 is 0 Å². The molecule has 5 heteroatoms. The monoisotopic (exact) mass is 1080 g/mol. The first-order valence-electron chi connectivity index (χ1n) is 24.0. The van der Waals surface area contributed by atoms with E-state index in [1.54, 1.807) is 0 Å². The Morgan fingerprint density at radius 3 is 1.93 bits per heavy atom. The van der Waals surface area contributed by atoms with Crippen molar-refractivity contribution in [2.75, 3.05) is 0 Å². The van der Waals surface area contributed by atoms with Crippen molar-refractivity contribution < 1.29 is 24.5 Å². The predicted octanol–water partition coefficient (Wildman–Crippen LogP) is 17.8. The van der Waals surface area contributed by atoms with E-state index in [0.29, 0.717) is 0 Å². The van der Waals surface area contributed by atoms with Gasteiger partial charge in [-0.25, -0.2) is 0 Å². The maximum Gasteiger partial charge on any atom is 0.121 e. The summed E-state index contributed by atoms with van der Waals surface area (Å²) < 4.78 is 9.31. The molecular weight excluding hydrogens is 1020 g/mol. The molecule has 0 aliphatic rings. The molecule has 3 heterocycles. The fourth-order valence-corrected chi connectivity index (χ4v) is 9.56. The summed E-state index contributed by atoms with van der Waals surface area (Å²) in [6, 6.07) is 63.0. The molecule has 0 fully saturated rings. The summed E-state index contributed by atoms with van der Waals surface area (Å²) in [5, 5.41) is 7.02. The third kappa shape index (κ3) is 9.07. The van der Waals surface area contributed by atoms with Crippen LogP contribution in [-0.2, 0) is 30.9 Å². The van der Waals surface area contributed by atoms with Crippen LogP contribution in [0.5, 0.6) is 0 Å². The molecule has 4 nitrogen and oxygen atoms in total. The first-order chi connectivity index (χ1) is 32.6. The zero-order valence-electron chi connectivity index (χ0n) is 41.3. The van der Waals surface area contributed by atoms with E-state index in [0.717, 1.165) is 55.6 Å². The van der Waals surface area contributed by atoms with E-state index in [2.05, 4.69) is 218 Å². The van der Waals surface area contributed by atoms with Crippen LogP contribution in [-0.4, -0.2) is 14.5 Å². The number of fused-ring (bicyclic) bond motifs is 7. The number of rotatable bonds is 6. The molecule has 0 atom stereocenters. The van der Waals surface area contributed by atoms with Crippen molar-refractivity contribution in [3.63, 3.8) is 0 Å². The van der Waals surface area contributed by atoms with Gasteiger partial charge in [0, 0.05) is 37.4 Å². The summed E-state index contributed by atoms with van der Waals surface area (Å²) in [5.74, 6) is 1.38. The molecule has 11 aromatic rings. The fraction of sp³-hybridized carbons (Fsp3) is 0.219. The minimum atomic E-state index is -0.0152. The largest absolute Gasteiger partial charge is 0.501 e. The minimum Gasteiger partial charge on any atom is -0.501 e. The quantitative estimate of drug-likeness (QED) is 0.123. The summed E-state index contributed by atoms with van der Waals surface area (Å²) in [7, 11) is 0. The van der Waals surface area contributed by atoms with Crippen molar-refractivity contribution >= 4 is 54.5 Å². The van der Waals surface area contributed by atoms with Gasteiger partial charge in [0.1, 0.15) is 5.58 Å². The normalized spacial score (nSPS) is 12.1. The van der Waals surface area contributed by atoms with Crippen molar-refractivity contribution in [3.8, 4) is 39.5 Å². The second kappa shape index (κ2) is 18.7. The molecule has 347 valence electrons. The summed E-state index contributed by atoms with van der Waals surface area (Å²) in [6.45, 7) is 22.6. The molecule has 8 aromatic carbocycles. The Kier molecular flexibility index (Phi) is 12.8. The summed E-state index contributed by atoms with van der Waals surface area (Å²) in [4.78, 5) is 9.89. The molecule has 0 saturated heterocycles. The van der Waals surface area contributed by atoms with Gasteiger partial charge < -0.3 is 14.0 Å². The molecule has 0 N–H and O–H groups in total. The zero-order valence-corrected chi connectivity index (χ0v) is 43.7. The van der Waals surface area contributed by atoms with Gasteiger partial charge in [0.25, 0.3) is 0 Å². The Hall–Kier alpha value is -6.65. The molecule has 69 heavy (non-hydrogen) atoms. The van der Waals surface area contributed by atoms with Crippen molar-refractivity contribution in [2.45, 2.75) is 91.9 Å². The summed E-state index contributed by atoms with van der Waals surface area (Å²) in [5.41, 5.74) is 15.6. The first-order valence-corrected chi connectivity index (χ1v) is 24.0. The number of imidazole rings is 1. The van der Waals surface area contributed by atoms with Crippen LogP contribution in [0.1, 0.15) is 103 Å². The SMILES string of the molecule is CC(C)(C)c1ccnc(-c2[c-]cccc2)c1.CC(C)c1cc(-c2ccccc2)cc(C(C)C)c1-n1c(-c2[c-]ccc3c2oc2cc4c(ccc5ccccc54)cc23)nc2cc(C(C)(C)C)ccc21.[Ir]. The van der Waals surface area contributed by atoms with Gasteiger partial charge in [-0.15, -0.1) is 54.1 Å². The number of pyridine rings is 1.